The summed E-state index contributed by atoms with van der Waals surface area (Å²) in [5.74, 6) is 2.67. The van der Waals surface area contributed by atoms with Gasteiger partial charge in [-0.25, -0.2) is 4.39 Å². The van der Waals surface area contributed by atoms with Crippen molar-refractivity contribution in [2.24, 2.45) is 0 Å². The number of hydrogen-bond acceptors (Lipinski definition) is 3. The highest BCUT2D eigenvalue weighted by molar-refractivity contribution is 7.99. The molecule has 1 N–H and O–H groups in total. The fourth-order valence-corrected chi connectivity index (χ4v) is 2.46. The molecule has 1 aliphatic carbocycles. The van der Waals surface area contributed by atoms with E-state index < -0.39 is 0 Å². The highest BCUT2D eigenvalue weighted by Gasteiger charge is 2.20. The zero-order valence-electron chi connectivity index (χ0n) is 11.5. The lowest BCUT2D eigenvalue weighted by atomic mass is 10.2. The molecule has 0 bridgehead atoms. The van der Waals surface area contributed by atoms with Gasteiger partial charge in [0.25, 0.3) is 0 Å². The van der Waals surface area contributed by atoms with Crippen molar-refractivity contribution in [2.45, 2.75) is 38.8 Å². The molecule has 2 rings (SSSR count). The molecule has 0 aromatic heterocycles. The predicted octanol–water partition coefficient (Wildman–Crippen LogP) is 3.60. The molecular weight excluding hydrogens is 261 g/mol. The van der Waals surface area contributed by atoms with Crippen LogP contribution in [-0.4, -0.2) is 24.2 Å². The van der Waals surface area contributed by atoms with Crippen LogP contribution < -0.4 is 10.1 Å². The summed E-state index contributed by atoms with van der Waals surface area (Å²) in [6.07, 6.45) is 3.49. The summed E-state index contributed by atoms with van der Waals surface area (Å²) in [7, 11) is 0. The molecule has 4 heteroatoms. The van der Waals surface area contributed by atoms with Gasteiger partial charge in [0.1, 0.15) is 11.6 Å². The topological polar surface area (TPSA) is 21.3 Å². The van der Waals surface area contributed by atoms with E-state index in [0.717, 1.165) is 30.0 Å². The van der Waals surface area contributed by atoms with Crippen molar-refractivity contribution in [3.05, 3.63) is 29.6 Å². The zero-order valence-corrected chi connectivity index (χ0v) is 12.3. The Kier molecular flexibility index (Phi) is 5.98. The van der Waals surface area contributed by atoms with E-state index in [-0.39, 0.29) is 5.82 Å². The van der Waals surface area contributed by atoms with Crippen LogP contribution in [-0.2, 0) is 6.54 Å². The molecule has 2 nitrogen and oxygen atoms in total. The van der Waals surface area contributed by atoms with Crippen LogP contribution in [0.2, 0.25) is 0 Å². The lowest BCUT2D eigenvalue weighted by Gasteiger charge is -2.09. The summed E-state index contributed by atoms with van der Waals surface area (Å²) in [6.45, 7) is 3.54. The van der Waals surface area contributed by atoms with Crippen molar-refractivity contribution in [1.82, 2.24) is 5.32 Å². The van der Waals surface area contributed by atoms with Gasteiger partial charge < -0.3 is 10.1 Å². The van der Waals surface area contributed by atoms with Gasteiger partial charge in [-0.3, -0.25) is 0 Å². The van der Waals surface area contributed by atoms with E-state index in [1.807, 2.05) is 17.8 Å². The second-order valence-corrected chi connectivity index (χ2v) is 6.24. The Morgan fingerprint density at radius 2 is 2.21 bits per heavy atom. The SMILES string of the molecule is CCSCCCOc1cc(F)cc(CNC2CC2)c1. The molecule has 106 valence electrons. The molecular formula is C15H22FNOS. The lowest BCUT2D eigenvalue weighted by Crippen LogP contribution is -2.15. The van der Waals surface area contributed by atoms with Crippen molar-refractivity contribution in [1.29, 1.82) is 0 Å². The smallest absolute Gasteiger partial charge is 0.127 e. The van der Waals surface area contributed by atoms with Gasteiger partial charge in [-0.05, 0) is 48.5 Å². The molecule has 1 saturated carbocycles. The molecule has 1 aromatic rings. The van der Waals surface area contributed by atoms with Crippen molar-refractivity contribution in [2.75, 3.05) is 18.1 Å². The van der Waals surface area contributed by atoms with E-state index in [9.17, 15) is 4.39 Å². The van der Waals surface area contributed by atoms with Gasteiger partial charge in [0.2, 0.25) is 0 Å². The maximum Gasteiger partial charge on any atom is 0.127 e. The molecule has 1 aliphatic rings. The minimum atomic E-state index is -0.215. The lowest BCUT2D eigenvalue weighted by molar-refractivity contribution is 0.316. The molecule has 0 radical (unpaired) electrons. The summed E-state index contributed by atoms with van der Waals surface area (Å²) in [4.78, 5) is 0. The summed E-state index contributed by atoms with van der Waals surface area (Å²) >= 11 is 1.90. The van der Waals surface area contributed by atoms with Crippen LogP contribution in [0.25, 0.3) is 0 Å². The van der Waals surface area contributed by atoms with Crippen LogP contribution in [0.15, 0.2) is 18.2 Å². The van der Waals surface area contributed by atoms with E-state index >= 15 is 0 Å². The van der Waals surface area contributed by atoms with Gasteiger partial charge >= 0.3 is 0 Å². The molecule has 0 saturated heterocycles. The monoisotopic (exact) mass is 283 g/mol. The normalized spacial score (nSPS) is 14.6. The average molecular weight is 283 g/mol. The Bertz CT molecular complexity index is 396. The molecule has 0 heterocycles. The van der Waals surface area contributed by atoms with Crippen molar-refractivity contribution >= 4 is 11.8 Å². The third kappa shape index (κ3) is 5.83. The van der Waals surface area contributed by atoms with E-state index in [2.05, 4.69) is 12.2 Å². The molecule has 1 aromatic carbocycles. The van der Waals surface area contributed by atoms with Crippen LogP contribution in [0.1, 0.15) is 31.7 Å². The minimum absolute atomic E-state index is 0.215. The standard InChI is InChI=1S/C15H22FNOS/c1-2-19-7-3-6-18-15-9-12(8-13(16)10-15)11-17-14-4-5-14/h8-10,14,17H,2-7,11H2,1H3. The first kappa shape index (κ1) is 14.7. The maximum atomic E-state index is 13.5. The Hall–Kier alpha value is -0.740. The molecule has 0 aliphatic heterocycles. The van der Waals surface area contributed by atoms with Crippen LogP contribution >= 0.6 is 11.8 Å². The first-order valence-corrected chi connectivity index (χ1v) is 8.17. The average Bonchev–Trinajstić information content (AvgIpc) is 3.20. The number of rotatable bonds is 9. The Morgan fingerprint density at radius 3 is 2.95 bits per heavy atom. The summed E-state index contributed by atoms with van der Waals surface area (Å²) in [5, 5.41) is 3.39. The largest absolute Gasteiger partial charge is 0.493 e. The molecule has 0 atom stereocenters. The quantitative estimate of drug-likeness (QED) is 0.700. The highest BCUT2D eigenvalue weighted by Crippen LogP contribution is 2.21. The van der Waals surface area contributed by atoms with E-state index in [1.165, 1.54) is 18.9 Å². The number of ether oxygens (including phenoxy) is 1. The van der Waals surface area contributed by atoms with Crippen LogP contribution in [0, 0.1) is 5.82 Å². The second kappa shape index (κ2) is 7.75. The third-order valence-corrected chi connectivity index (χ3v) is 3.99. The van der Waals surface area contributed by atoms with Gasteiger partial charge in [-0.2, -0.15) is 11.8 Å². The molecule has 0 unspecified atom stereocenters. The summed E-state index contributed by atoms with van der Waals surface area (Å²) in [6, 6.07) is 5.62. The van der Waals surface area contributed by atoms with Gasteiger partial charge in [0.05, 0.1) is 6.61 Å². The van der Waals surface area contributed by atoms with Crippen molar-refractivity contribution in [3.8, 4) is 5.75 Å². The fourth-order valence-electron chi connectivity index (χ4n) is 1.85. The predicted molar refractivity (Wildman–Crippen MR) is 79.4 cm³/mol. The van der Waals surface area contributed by atoms with Gasteiger partial charge in [0.15, 0.2) is 0 Å². The van der Waals surface area contributed by atoms with Crippen LogP contribution in [0.3, 0.4) is 0 Å². The third-order valence-electron chi connectivity index (χ3n) is 3.01. The minimum Gasteiger partial charge on any atom is -0.493 e. The number of thioether (sulfide) groups is 1. The first-order valence-electron chi connectivity index (χ1n) is 7.01. The van der Waals surface area contributed by atoms with E-state index in [0.29, 0.717) is 18.4 Å². The van der Waals surface area contributed by atoms with Crippen molar-refractivity contribution < 1.29 is 9.13 Å². The van der Waals surface area contributed by atoms with Crippen LogP contribution in [0.5, 0.6) is 5.75 Å². The second-order valence-electron chi connectivity index (χ2n) is 4.85. The molecule has 0 amide bonds. The molecule has 1 fully saturated rings. The van der Waals surface area contributed by atoms with Crippen LogP contribution in [0.4, 0.5) is 4.39 Å². The number of nitrogens with one attached hydrogen (secondary N) is 1. The Morgan fingerprint density at radius 1 is 1.37 bits per heavy atom. The number of halogens is 1. The Balaban J connectivity index is 1.77. The van der Waals surface area contributed by atoms with Gasteiger partial charge in [0, 0.05) is 18.7 Å². The molecule has 19 heavy (non-hydrogen) atoms. The molecule has 0 spiro atoms. The summed E-state index contributed by atoms with van der Waals surface area (Å²) in [5.41, 5.74) is 0.963. The van der Waals surface area contributed by atoms with Gasteiger partial charge in [-0.1, -0.05) is 6.92 Å². The number of benzene rings is 1. The summed E-state index contributed by atoms with van der Waals surface area (Å²) < 4.78 is 19.1. The van der Waals surface area contributed by atoms with Crippen molar-refractivity contribution in [3.63, 3.8) is 0 Å². The first-order chi connectivity index (χ1) is 9.28. The van der Waals surface area contributed by atoms with Gasteiger partial charge in [-0.15, -0.1) is 0 Å². The maximum absolute atomic E-state index is 13.5. The Labute approximate surface area is 119 Å². The zero-order chi connectivity index (χ0) is 13.5. The van der Waals surface area contributed by atoms with E-state index in [1.54, 1.807) is 6.07 Å². The highest BCUT2D eigenvalue weighted by atomic mass is 32.2. The number of hydrogen-bond donors (Lipinski definition) is 1. The fraction of sp³-hybridized carbons (Fsp3) is 0.600. The van der Waals surface area contributed by atoms with E-state index in [4.69, 9.17) is 4.74 Å².